The van der Waals surface area contributed by atoms with E-state index in [1.54, 1.807) is 18.7 Å². The van der Waals surface area contributed by atoms with E-state index in [1.807, 2.05) is 0 Å². The Morgan fingerprint density at radius 1 is 1.75 bits per heavy atom. The summed E-state index contributed by atoms with van der Waals surface area (Å²) in [5.41, 5.74) is 0. The van der Waals surface area contributed by atoms with Gasteiger partial charge in [0, 0.05) is 10.7 Å². The zero-order valence-corrected chi connectivity index (χ0v) is 6.20. The minimum absolute atomic E-state index is 1.27. The molecule has 0 aliphatic heterocycles. The van der Waals surface area contributed by atoms with E-state index in [4.69, 9.17) is 10.7 Å². The molecular formula is C3H7ClNO2S+. The Morgan fingerprint density at radius 3 is 2.38 bits per heavy atom. The van der Waals surface area contributed by atoms with E-state index < -0.39 is 10.3 Å². The molecule has 0 fully saturated rings. The Balaban J connectivity index is 3.45. The SMILES string of the molecule is C[N+](C)=COS(=O)Cl. The summed E-state index contributed by atoms with van der Waals surface area (Å²) in [6.45, 7) is 0. The second-order valence-electron chi connectivity index (χ2n) is 1.36. The van der Waals surface area contributed by atoms with E-state index in [-0.39, 0.29) is 0 Å². The summed E-state index contributed by atoms with van der Waals surface area (Å²) >= 11 is 0. The first-order valence-electron chi connectivity index (χ1n) is 1.88. The van der Waals surface area contributed by atoms with Gasteiger partial charge in [-0.2, -0.15) is 4.21 Å². The topological polar surface area (TPSA) is 29.3 Å². The van der Waals surface area contributed by atoms with Crippen molar-refractivity contribution >= 4 is 27.4 Å². The van der Waals surface area contributed by atoms with Crippen molar-refractivity contribution in [3.63, 3.8) is 0 Å². The van der Waals surface area contributed by atoms with Crippen molar-refractivity contribution in [2.75, 3.05) is 14.1 Å². The zero-order chi connectivity index (χ0) is 6.57. The van der Waals surface area contributed by atoms with Gasteiger partial charge in [-0.25, -0.2) is 4.58 Å². The summed E-state index contributed by atoms with van der Waals surface area (Å²) in [6.07, 6.45) is 1.27. The molecular weight excluding hydrogens is 150 g/mol. The van der Waals surface area contributed by atoms with E-state index in [2.05, 4.69) is 4.18 Å². The van der Waals surface area contributed by atoms with Gasteiger partial charge in [-0.1, -0.05) is 0 Å². The first-order chi connectivity index (χ1) is 3.63. The molecule has 0 bridgehead atoms. The standard InChI is InChI=1S/C3H7ClNO2S/c1-5(2)3-7-8(4)6/h3H,1-2H3/q+1. The summed E-state index contributed by atoms with van der Waals surface area (Å²) in [5, 5.41) is 0. The summed E-state index contributed by atoms with van der Waals surface area (Å²) in [6, 6.07) is 0. The highest BCUT2D eigenvalue weighted by atomic mass is 35.7. The largest absolute Gasteiger partial charge is 0.338 e. The van der Waals surface area contributed by atoms with Gasteiger partial charge >= 0.3 is 16.7 Å². The molecule has 0 aromatic heterocycles. The van der Waals surface area contributed by atoms with Crippen LogP contribution in [0.15, 0.2) is 0 Å². The molecule has 5 heteroatoms. The van der Waals surface area contributed by atoms with Gasteiger partial charge < -0.3 is 4.18 Å². The van der Waals surface area contributed by atoms with E-state index in [9.17, 15) is 4.21 Å². The average Bonchev–Trinajstić information content (AvgIpc) is 1.61. The molecule has 0 heterocycles. The van der Waals surface area contributed by atoms with Crippen LogP contribution >= 0.6 is 10.7 Å². The van der Waals surface area contributed by atoms with Gasteiger partial charge in [-0.05, 0) is 0 Å². The predicted octanol–water partition coefficient (Wildman–Crippen LogP) is 0.121. The van der Waals surface area contributed by atoms with Crippen molar-refractivity contribution in [2.24, 2.45) is 0 Å². The van der Waals surface area contributed by atoms with Crippen LogP contribution in [0.3, 0.4) is 0 Å². The third-order valence-corrected chi connectivity index (χ3v) is 0.785. The van der Waals surface area contributed by atoms with Crippen LogP contribution in [0.1, 0.15) is 0 Å². The Kier molecular flexibility index (Phi) is 3.81. The minimum Gasteiger partial charge on any atom is -0.336 e. The lowest BCUT2D eigenvalue weighted by molar-refractivity contribution is -0.465. The van der Waals surface area contributed by atoms with Crippen molar-refractivity contribution in [3.05, 3.63) is 0 Å². The number of halogens is 1. The lowest BCUT2D eigenvalue weighted by atomic mass is 11.1. The van der Waals surface area contributed by atoms with Gasteiger partial charge in [-0.3, -0.25) is 0 Å². The van der Waals surface area contributed by atoms with Crippen LogP contribution in [0, 0.1) is 0 Å². The molecule has 0 saturated carbocycles. The number of hydrogen-bond donors (Lipinski definition) is 0. The van der Waals surface area contributed by atoms with Crippen molar-refractivity contribution in [3.8, 4) is 0 Å². The molecule has 3 nitrogen and oxygen atoms in total. The molecule has 0 amide bonds. The fourth-order valence-electron chi connectivity index (χ4n) is 0.120. The Hall–Kier alpha value is -0.0900. The minimum atomic E-state index is -1.71. The smallest absolute Gasteiger partial charge is 0.336 e. The van der Waals surface area contributed by atoms with Gasteiger partial charge in [0.15, 0.2) is 0 Å². The molecule has 0 saturated heterocycles. The van der Waals surface area contributed by atoms with Gasteiger partial charge in [-0.15, -0.1) is 0 Å². The van der Waals surface area contributed by atoms with E-state index in [0.29, 0.717) is 0 Å². The Morgan fingerprint density at radius 2 is 2.25 bits per heavy atom. The van der Waals surface area contributed by atoms with E-state index >= 15 is 0 Å². The predicted molar refractivity (Wildman–Crippen MR) is 33.3 cm³/mol. The van der Waals surface area contributed by atoms with Crippen LogP contribution in [0.5, 0.6) is 0 Å². The quantitative estimate of drug-likeness (QED) is 0.246. The summed E-state index contributed by atoms with van der Waals surface area (Å²) in [5.74, 6) is 0. The first kappa shape index (κ1) is 7.91. The summed E-state index contributed by atoms with van der Waals surface area (Å²) in [4.78, 5) is 0. The lowest BCUT2D eigenvalue weighted by Gasteiger charge is -1.84. The lowest BCUT2D eigenvalue weighted by Crippen LogP contribution is -2.01. The fraction of sp³-hybridized carbons (Fsp3) is 0.667. The van der Waals surface area contributed by atoms with Gasteiger partial charge in [0.05, 0.1) is 0 Å². The molecule has 0 spiro atoms. The number of rotatable bonds is 2. The van der Waals surface area contributed by atoms with E-state index in [0.717, 1.165) is 0 Å². The maximum absolute atomic E-state index is 9.94. The molecule has 0 aromatic carbocycles. The molecule has 1 unspecified atom stereocenters. The highest BCUT2D eigenvalue weighted by molar-refractivity contribution is 8.04. The van der Waals surface area contributed by atoms with Crippen LogP contribution in [-0.2, 0) is 14.5 Å². The average molecular weight is 157 g/mol. The summed E-state index contributed by atoms with van der Waals surface area (Å²) < 4.78 is 15.9. The van der Waals surface area contributed by atoms with E-state index in [1.165, 1.54) is 6.40 Å². The maximum Gasteiger partial charge on any atom is 0.338 e. The molecule has 8 heavy (non-hydrogen) atoms. The highest BCUT2D eigenvalue weighted by Crippen LogP contribution is 1.85. The van der Waals surface area contributed by atoms with Crippen LogP contribution in [0.2, 0.25) is 0 Å². The van der Waals surface area contributed by atoms with Gasteiger partial charge in [0.2, 0.25) is 0 Å². The van der Waals surface area contributed by atoms with Crippen molar-refractivity contribution in [1.29, 1.82) is 0 Å². The molecule has 48 valence electrons. The fourth-order valence-corrected chi connectivity index (χ4v) is 0.457. The third-order valence-electron chi connectivity index (χ3n) is 0.330. The Labute approximate surface area is 55.1 Å². The second-order valence-corrected chi connectivity index (χ2v) is 2.70. The first-order valence-corrected chi connectivity index (χ1v) is 3.78. The molecule has 0 rings (SSSR count). The number of nitrogens with zero attached hydrogens (tertiary/aromatic N) is 1. The monoisotopic (exact) mass is 156 g/mol. The summed E-state index contributed by atoms with van der Waals surface area (Å²) in [7, 11) is 6.68. The Bertz CT molecular complexity index is 120. The molecule has 0 N–H and O–H groups in total. The van der Waals surface area contributed by atoms with Crippen LogP contribution in [0.25, 0.3) is 0 Å². The molecule has 0 aliphatic rings. The van der Waals surface area contributed by atoms with Crippen LogP contribution in [0.4, 0.5) is 0 Å². The van der Waals surface area contributed by atoms with Crippen molar-refractivity contribution in [2.45, 2.75) is 0 Å². The molecule has 1 atom stereocenters. The van der Waals surface area contributed by atoms with Crippen molar-refractivity contribution < 1.29 is 13.0 Å². The number of hydrogen-bond acceptors (Lipinski definition) is 2. The highest BCUT2D eigenvalue weighted by Gasteiger charge is 1.89. The van der Waals surface area contributed by atoms with Crippen LogP contribution in [-0.4, -0.2) is 29.3 Å². The zero-order valence-electron chi connectivity index (χ0n) is 4.63. The normalized spacial score (nSPS) is 12.4. The van der Waals surface area contributed by atoms with Crippen LogP contribution < -0.4 is 0 Å². The molecule has 0 radical (unpaired) electrons. The molecule has 0 aromatic rings. The van der Waals surface area contributed by atoms with Crippen molar-refractivity contribution in [1.82, 2.24) is 0 Å². The third kappa shape index (κ3) is 5.91. The second kappa shape index (κ2) is 3.86. The van der Waals surface area contributed by atoms with Gasteiger partial charge in [0.1, 0.15) is 14.1 Å². The maximum atomic E-state index is 9.94. The molecule has 0 aliphatic carbocycles. The van der Waals surface area contributed by atoms with Gasteiger partial charge in [0.25, 0.3) is 0 Å².